The number of carboxylic acid groups (broad SMARTS) is 1. The van der Waals surface area contributed by atoms with E-state index >= 15 is 0 Å². The van der Waals surface area contributed by atoms with Crippen LogP contribution in [-0.2, 0) is 28.8 Å². The number of thioether (sulfide) groups is 1. The highest BCUT2D eigenvalue weighted by atomic mass is 32.2. The van der Waals surface area contributed by atoms with Crippen LogP contribution in [0.4, 0.5) is 0 Å². The molecule has 1 heterocycles. The van der Waals surface area contributed by atoms with Gasteiger partial charge in [0.2, 0.25) is 29.5 Å². The van der Waals surface area contributed by atoms with Crippen molar-refractivity contribution in [3.8, 4) is 0 Å². The van der Waals surface area contributed by atoms with Crippen molar-refractivity contribution in [2.24, 2.45) is 17.2 Å². The Bertz CT molecular complexity index is 749. The van der Waals surface area contributed by atoms with Gasteiger partial charge in [0.1, 0.15) is 18.1 Å². The average Bonchev–Trinajstić information content (AvgIpc) is 3.19. The molecule has 0 aromatic heterocycles. The number of nitrogens with two attached hydrogens (primary N) is 3. The van der Waals surface area contributed by atoms with Crippen LogP contribution in [0.2, 0.25) is 0 Å². The predicted molar refractivity (Wildman–Crippen MR) is 115 cm³/mol. The van der Waals surface area contributed by atoms with E-state index in [1.165, 1.54) is 11.8 Å². The molecule has 5 amide bonds. The van der Waals surface area contributed by atoms with Gasteiger partial charge in [-0.25, -0.2) is 4.79 Å². The van der Waals surface area contributed by atoms with Gasteiger partial charge in [-0.3, -0.25) is 24.0 Å². The fourth-order valence-electron chi connectivity index (χ4n) is 3.23. The summed E-state index contributed by atoms with van der Waals surface area (Å²) in [5.41, 5.74) is 16.1. The van der Waals surface area contributed by atoms with Gasteiger partial charge in [-0.1, -0.05) is 0 Å². The number of nitrogens with zero attached hydrogens (tertiary/aromatic N) is 1. The van der Waals surface area contributed by atoms with Crippen molar-refractivity contribution in [3.05, 3.63) is 0 Å². The summed E-state index contributed by atoms with van der Waals surface area (Å²) in [7, 11) is 0. The first-order chi connectivity index (χ1) is 15.0. The Kier molecular flexibility index (Phi) is 10.9. The van der Waals surface area contributed by atoms with Crippen LogP contribution < -0.4 is 27.8 Å². The van der Waals surface area contributed by atoms with E-state index in [4.69, 9.17) is 17.2 Å². The van der Waals surface area contributed by atoms with Crippen molar-refractivity contribution in [3.63, 3.8) is 0 Å². The Morgan fingerprint density at radius 2 is 1.59 bits per heavy atom. The van der Waals surface area contributed by atoms with Gasteiger partial charge < -0.3 is 37.8 Å². The molecule has 32 heavy (non-hydrogen) atoms. The van der Waals surface area contributed by atoms with E-state index in [0.717, 1.165) is 4.90 Å². The molecule has 0 saturated carbocycles. The van der Waals surface area contributed by atoms with Crippen molar-refractivity contribution >= 4 is 47.3 Å². The lowest BCUT2D eigenvalue weighted by Gasteiger charge is -2.28. The summed E-state index contributed by atoms with van der Waals surface area (Å²) in [4.78, 5) is 73.2. The first kappa shape index (κ1) is 27.2. The van der Waals surface area contributed by atoms with Gasteiger partial charge in [0.05, 0.1) is 18.9 Å². The molecule has 0 spiro atoms. The van der Waals surface area contributed by atoms with E-state index in [-0.39, 0.29) is 13.0 Å². The third-order valence-corrected chi connectivity index (χ3v) is 5.49. The Hall–Kier alpha value is -2.87. The summed E-state index contributed by atoms with van der Waals surface area (Å²) in [5, 5.41) is 13.9. The van der Waals surface area contributed by atoms with E-state index in [1.807, 2.05) is 6.26 Å². The lowest BCUT2D eigenvalue weighted by Crippen LogP contribution is -2.58. The molecule has 1 aliphatic rings. The SMILES string of the molecule is CSCCC(N)C(=O)NC(CC(N)=O)C(=O)NC(CC(N)=O)C(=O)N1CCCC1C(=O)O. The van der Waals surface area contributed by atoms with E-state index in [2.05, 4.69) is 10.6 Å². The summed E-state index contributed by atoms with van der Waals surface area (Å²) in [6.45, 7) is 0.132. The number of amides is 5. The number of likely N-dealkylation sites (tertiary alicyclic amines) is 1. The van der Waals surface area contributed by atoms with Gasteiger partial charge in [0.25, 0.3) is 0 Å². The molecular formula is C18H30N6O7S. The van der Waals surface area contributed by atoms with Gasteiger partial charge in [-0.2, -0.15) is 11.8 Å². The second-order valence-electron chi connectivity index (χ2n) is 7.38. The molecule has 1 saturated heterocycles. The van der Waals surface area contributed by atoms with E-state index in [0.29, 0.717) is 18.6 Å². The minimum absolute atomic E-state index is 0.132. The minimum Gasteiger partial charge on any atom is -0.480 e. The van der Waals surface area contributed by atoms with E-state index < -0.39 is 72.5 Å². The van der Waals surface area contributed by atoms with Gasteiger partial charge in [0.15, 0.2) is 0 Å². The standard InChI is InChI=1S/C18H30N6O7S/c1-32-6-4-9(19)15(27)22-10(7-13(20)25)16(28)23-11(8-14(21)26)17(29)24-5-2-3-12(24)18(30)31/h9-12H,2-8,19H2,1H3,(H2,20,25)(H2,21,26)(H,22,27)(H,23,28)(H,30,31). The van der Waals surface area contributed by atoms with Crippen molar-refractivity contribution in [1.82, 2.24) is 15.5 Å². The number of carbonyl (C=O) groups excluding carboxylic acids is 5. The highest BCUT2D eigenvalue weighted by Gasteiger charge is 2.39. The monoisotopic (exact) mass is 474 g/mol. The van der Waals surface area contributed by atoms with Crippen molar-refractivity contribution in [2.75, 3.05) is 18.6 Å². The summed E-state index contributed by atoms with van der Waals surface area (Å²) < 4.78 is 0. The third-order valence-electron chi connectivity index (χ3n) is 4.85. The van der Waals surface area contributed by atoms with Gasteiger partial charge in [-0.15, -0.1) is 0 Å². The maximum atomic E-state index is 12.9. The zero-order chi connectivity index (χ0) is 24.4. The molecule has 1 aliphatic heterocycles. The Morgan fingerprint density at radius 3 is 2.12 bits per heavy atom. The lowest BCUT2D eigenvalue weighted by molar-refractivity contribution is -0.149. The number of hydrogen-bond donors (Lipinski definition) is 6. The van der Waals surface area contributed by atoms with Gasteiger partial charge in [-0.05, 0) is 31.3 Å². The molecular weight excluding hydrogens is 444 g/mol. The van der Waals surface area contributed by atoms with Crippen LogP contribution in [-0.4, -0.2) is 88.2 Å². The zero-order valence-electron chi connectivity index (χ0n) is 17.7. The Labute approximate surface area is 189 Å². The number of carbonyl (C=O) groups is 6. The quantitative estimate of drug-likeness (QED) is 0.158. The van der Waals surface area contributed by atoms with Crippen LogP contribution in [0.5, 0.6) is 0 Å². The number of aliphatic carboxylic acids is 1. The molecule has 0 aliphatic carbocycles. The summed E-state index contributed by atoms with van der Waals surface area (Å²) in [6.07, 6.45) is 1.65. The molecule has 4 atom stereocenters. The second kappa shape index (κ2) is 12.9. The maximum absolute atomic E-state index is 12.9. The fraction of sp³-hybridized carbons (Fsp3) is 0.667. The zero-order valence-corrected chi connectivity index (χ0v) is 18.6. The second-order valence-corrected chi connectivity index (χ2v) is 8.36. The normalized spacial score (nSPS) is 18.3. The topological polar surface area (TPSA) is 228 Å². The van der Waals surface area contributed by atoms with Crippen LogP contribution in [0.3, 0.4) is 0 Å². The minimum atomic E-state index is -1.47. The molecule has 0 radical (unpaired) electrons. The highest BCUT2D eigenvalue weighted by molar-refractivity contribution is 7.98. The molecule has 180 valence electrons. The fourth-order valence-corrected chi connectivity index (χ4v) is 3.72. The maximum Gasteiger partial charge on any atom is 0.326 e. The van der Waals surface area contributed by atoms with Crippen LogP contribution in [0, 0.1) is 0 Å². The molecule has 0 bridgehead atoms. The van der Waals surface area contributed by atoms with Gasteiger partial charge in [0, 0.05) is 6.54 Å². The molecule has 14 heteroatoms. The Balaban J connectivity index is 2.98. The lowest BCUT2D eigenvalue weighted by atomic mass is 10.1. The summed E-state index contributed by atoms with van der Waals surface area (Å²) >= 11 is 1.47. The van der Waals surface area contributed by atoms with Crippen LogP contribution in [0.25, 0.3) is 0 Å². The predicted octanol–water partition coefficient (Wildman–Crippen LogP) is -3.14. The van der Waals surface area contributed by atoms with Crippen molar-refractivity contribution < 1.29 is 33.9 Å². The van der Waals surface area contributed by atoms with Crippen LogP contribution >= 0.6 is 11.8 Å². The first-order valence-electron chi connectivity index (χ1n) is 9.93. The molecule has 0 aromatic carbocycles. The smallest absolute Gasteiger partial charge is 0.326 e. The molecule has 0 aromatic rings. The number of carboxylic acids is 1. The molecule has 1 fully saturated rings. The van der Waals surface area contributed by atoms with Crippen LogP contribution in [0.1, 0.15) is 32.1 Å². The van der Waals surface area contributed by atoms with Crippen molar-refractivity contribution in [1.29, 1.82) is 0 Å². The Morgan fingerprint density at radius 1 is 1.03 bits per heavy atom. The molecule has 1 rings (SSSR count). The molecule has 13 nitrogen and oxygen atoms in total. The average molecular weight is 475 g/mol. The first-order valence-corrected chi connectivity index (χ1v) is 11.3. The van der Waals surface area contributed by atoms with Crippen LogP contribution in [0.15, 0.2) is 0 Å². The molecule has 4 unspecified atom stereocenters. The summed E-state index contributed by atoms with van der Waals surface area (Å²) in [6, 6.07) is -4.95. The number of rotatable bonds is 13. The number of primary amides is 2. The third kappa shape index (κ3) is 8.34. The largest absolute Gasteiger partial charge is 0.480 e. The number of nitrogens with one attached hydrogen (secondary N) is 2. The van der Waals surface area contributed by atoms with Gasteiger partial charge >= 0.3 is 5.97 Å². The summed E-state index contributed by atoms with van der Waals surface area (Å²) in [5.74, 6) is -4.88. The van der Waals surface area contributed by atoms with E-state index in [9.17, 15) is 33.9 Å². The highest BCUT2D eigenvalue weighted by Crippen LogP contribution is 2.19. The van der Waals surface area contributed by atoms with Crippen molar-refractivity contribution in [2.45, 2.75) is 56.3 Å². The molecule has 9 N–H and O–H groups in total. The number of hydrogen-bond acceptors (Lipinski definition) is 8. The van der Waals surface area contributed by atoms with E-state index in [1.54, 1.807) is 0 Å².